The van der Waals surface area contributed by atoms with E-state index in [0.29, 0.717) is 0 Å². The molecule has 6 nitrogen and oxygen atoms in total. The predicted octanol–water partition coefficient (Wildman–Crippen LogP) is 4.03. The molecule has 180 valence electrons. The molecule has 3 aromatic rings. The highest BCUT2D eigenvalue weighted by Crippen LogP contribution is 2.25. The third-order valence-electron chi connectivity index (χ3n) is 5.60. The summed E-state index contributed by atoms with van der Waals surface area (Å²) >= 11 is 0. The summed E-state index contributed by atoms with van der Waals surface area (Å²) < 4.78 is 34.5. The van der Waals surface area contributed by atoms with Crippen molar-refractivity contribution in [1.29, 1.82) is 0 Å². The van der Waals surface area contributed by atoms with Gasteiger partial charge in [-0.1, -0.05) is 66.7 Å². The highest BCUT2D eigenvalue weighted by Gasteiger charge is 2.29. The second-order valence-corrected chi connectivity index (χ2v) is 10.1. The lowest BCUT2D eigenvalue weighted by atomic mass is 10.0. The van der Waals surface area contributed by atoms with E-state index in [1.165, 1.54) is 12.7 Å². The number of amides is 1. The lowest BCUT2D eigenvalue weighted by molar-refractivity contribution is -0.123. The van der Waals surface area contributed by atoms with Crippen molar-refractivity contribution in [2.75, 3.05) is 7.11 Å². The number of carbonyl (C=O) groups is 1. The molecule has 0 radical (unpaired) electrons. The number of hydrogen-bond donors (Lipinski definition) is 2. The second kappa shape index (κ2) is 11.8. The minimum Gasteiger partial charge on any atom is -0.495 e. The van der Waals surface area contributed by atoms with Crippen LogP contribution >= 0.6 is 0 Å². The summed E-state index contributed by atoms with van der Waals surface area (Å²) in [6.07, 6.45) is 1.79. The van der Waals surface area contributed by atoms with E-state index in [1.54, 1.807) is 25.1 Å². The lowest BCUT2D eigenvalue weighted by Crippen LogP contribution is -2.50. The predicted molar refractivity (Wildman–Crippen MR) is 134 cm³/mol. The first-order chi connectivity index (χ1) is 16.3. The molecule has 0 bridgehead atoms. The average Bonchev–Trinajstić information content (AvgIpc) is 2.83. The fourth-order valence-corrected chi connectivity index (χ4v) is 5.18. The molecule has 0 unspecified atom stereocenters. The molecule has 2 atom stereocenters. The van der Waals surface area contributed by atoms with Gasteiger partial charge in [-0.3, -0.25) is 4.79 Å². The Kier molecular flexibility index (Phi) is 8.85. The van der Waals surface area contributed by atoms with E-state index in [-0.39, 0.29) is 29.0 Å². The summed E-state index contributed by atoms with van der Waals surface area (Å²) in [4.78, 5) is 13.2. The van der Waals surface area contributed by atoms with Crippen LogP contribution in [0.25, 0.3) is 0 Å². The number of nitrogens with one attached hydrogen (secondary N) is 2. The highest BCUT2D eigenvalue weighted by molar-refractivity contribution is 7.89. The van der Waals surface area contributed by atoms with Gasteiger partial charge in [-0.05, 0) is 61.9 Å². The quantitative estimate of drug-likeness (QED) is 0.434. The van der Waals surface area contributed by atoms with Crippen molar-refractivity contribution >= 4 is 15.9 Å². The van der Waals surface area contributed by atoms with Crippen molar-refractivity contribution in [3.63, 3.8) is 0 Å². The Hall–Kier alpha value is -3.16. The van der Waals surface area contributed by atoms with Crippen LogP contribution in [0.15, 0.2) is 83.8 Å². The Bertz CT molecular complexity index is 1180. The maximum Gasteiger partial charge on any atom is 0.244 e. The Morgan fingerprint density at radius 1 is 0.941 bits per heavy atom. The summed E-state index contributed by atoms with van der Waals surface area (Å²) in [6.45, 7) is 3.74. The summed E-state index contributed by atoms with van der Waals surface area (Å²) in [5.74, 6) is -0.132. The largest absolute Gasteiger partial charge is 0.495 e. The zero-order valence-electron chi connectivity index (χ0n) is 19.8. The van der Waals surface area contributed by atoms with Gasteiger partial charge in [-0.2, -0.15) is 4.72 Å². The van der Waals surface area contributed by atoms with Gasteiger partial charge in [0, 0.05) is 6.04 Å². The van der Waals surface area contributed by atoms with Gasteiger partial charge in [0.15, 0.2) is 0 Å². The van der Waals surface area contributed by atoms with Gasteiger partial charge in [0.1, 0.15) is 16.7 Å². The number of carbonyl (C=O) groups excluding carboxylic acids is 1. The number of sulfonamides is 1. The number of ether oxygens (including phenoxy) is 1. The van der Waals surface area contributed by atoms with Crippen LogP contribution in [0.5, 0.6) is 5.75 Å². The normalized spacial score (nSPS) is 13.1. The van der Waals surface area contributed by atoms with Gasteiger partial charge in [0.25, 0.3) is 0 Å². The average molecular weight is 481 g/mol. The molecule has 34 heavy (non-hydrogen) atoms. The fourth-order valence-electron chi connectivity index (χ4n) is 3.73. The summed E-state index contributed by atoms with van der Waals surface area (Å²) in [5, 5.41) is 2.99. The van der Waals surface area contributed by atoms with Crippen molar-refractivity contribution in [1.82, 2.24) is 10.0 Å². The first-order valence-corrected chi connectivity index (χ1v) is 12.8. The molecule has 3 rings (SSSR count). The minimum atomic E-state index is -4.02. The van der Waals surface area contributed by atoms with E-state index >= 15 is 0 Å². The van der Waals surface area contributed by atoms with Crippen molar-refractivity contribution in [3.8, 4) is 5.75 Å². The van der Waals surface area contributed by atoms with Crippen LogP contribution in [-0.4, -0.2) is 33.5 Å². The van der Waals surface area contributed by atoms with Crippen molar-refractivity contribution in [2.24, 2.45) is 0 Å². The molecule has 7 heteroatoms. The first-order valence-electron chi connectivity index (χ1n) is 11.3. The second-order valence-electron chi connectivity index (χ2n) is 8.45. The Morgan fingerprint density at radius 2 is 1.56 bits per heavy atom. The molecule has 0 fully saturated rings. The van der Waals surface area contributed by atoms with Gasteiger partial charge in [-0.25, -0.2) is 8.42 Å². The Labute approximate surface area is 202 Å². The minimum absolute atomic E-state index is 0.0120. The maximum absolute atomic E-state index is 13.3. The van der Waals surface area contributed by atoms with E-state index in [2.05, 4.69) is 22.2 Å². The molecule has 0 saturated carbocycles. The van der Waals surface area contributed by atoms with Crippen LogP contribution in [0.1, 0.15) is 30.0 Å². The SMILES string of the molecule is COc1ccc(C)cc1S(=O)(=O)N[C@@H](Cc1ccccc1)C(=O)N[C@@H](C)CCc1ccccc1. The van der Waals surface area contributed by atoms with Crippen molar-refractivity contribution < 1.29 is 17.9 Å². The lowest BCUT2D eigenvalue weighted by Gasteiger charge is -2.22. The highest BCUT2D eigenvalue weighted by atomic mass is 32.2. The Morgan fingerprint density at radius 3 is 2.18 bits per heavy atom. The van der Waals surface area contributed by atoms with Crippen LogP contribution < -0.4 is 14.8 Å². The van der Waals surface area contributed by atoms with E-state index < -0.39 is 16.1 Å². The van der Waals surface area contributed by atoms with E-state index in [1.807, 2.05) is 55.5 Å². The smallest absolute Gasteiger partial charge is 0.244 e. The number of methoxy groups -OCH3 is 1. The van der Waals surface area contributed by atoms with Crippen molar-refractivity contribution in [2.45, 2.75) is 50.1 Å². The van der Waals surface area contributed by atoms with E-state index in [9.17, 15) is 13.2 Å². The number of hydrogen-bond acceptors (Lipinski definition) is 4. The molecule has 0 aliphatic rings. The third-order valence-corrected chi connectivity index (χ3v) is 7.10. The van der Waals surface area contributed by atoms with Crippen LogP contribution in [0, 0.1) is 6.92 Å². The number of rotatable bonds is 11. The maximum atomic E-state index is 13.3. The molecule has 0 aliphatic heterocycles. The molecule has 0 heterocycles. The first kappa shape index (κ1) is 25.5. The zero-order valence-corrected chi connectivity index (χ0v) is 20.6. The summed E-state index contributed by atoms with van der Waals surface area (Å²) in [6, 6.07) is 23.3. The summed E-state index contributed by atoms with van der Waals surface area (Å²) in [5.41, 5.74) is 2.83. The standard InChI is InChI=1S/C27H32N2O4S/c1-20-14-17-25(33-3)26(18-20)34(31,32)29-24(19-23-12-8-5-9-13-23)27(30)28-21(2)15-16-22-10-6-4-7-11-22/h4-14,17-18,21,24,29H,15-16,19H2,1-3H3,(H,28,30)/t21-,24-/m0/s1. The van der Waals surface area contributed by atoms with E-state index in [4.69, 9.17) is 4.74 Å². The zero-order chi connectivity index (χ0) is 24.6. The number of aryl methyl sites for hydroxylation is 2. The van der Waals surface area contributed by atoms with Gasteiger partial charge < -0.3 is 10.1 Å². The Balaban J connectivity index is 1.78. The molecular formula is C27H32N2O4S. The monoisotopic (exact) mass is 480 g/mol. The molecular weight excluding hydrogens is 448 g/mol. The topological polar surface area (TPSA) is 84.5 Å². The molecule has 0 aromatic heterocycles. The van der Waals surface area contributed by atoms with Gasteiger partial charge in [0.2, 0.25) is 15.9 Å². The molecule has 1 amide bonds. The van der Waals surface area contributed by atoms with E-state index in [0.717, 1.165) is 24.0 Å². The van der Waals surface area contributed by atoms with Crippen LogP contribution in [0.4, 0.5) is 0 Å². The number of benzene rings is 3. The molecule has 0 aliphatic carbocycles. The van der Waals surface area contributed by atoms with Gasteiger partial charge >= 0.3 is 0 Å². The fraction of sp³-hybridized carbons (Fsp3) is 0.296. The van der Waals surface area contributed by atoms with Crippen molar-refractivity contribution in [3.05, 3.63) is 95.6 Å². The molecule has 3 aromatic carbocycles. The third kappa shape index (κ3) is 7.17. The van der Waals surface area contributed by atoms with Crippen LogP contribution in [-0.2, 0) is 27.7 Å². The summed E-state index contributed by atoms with van der Waals surface area (Å²) in [7, 11) is -2.59. The van der Waals surface area contributed by atoms with Gasteiger partial charge in [-0.15, -0.1) is 0 Å². The molecule has 0 saturated heterocycles. The molecule has 0 spiro atoms. The molecule has 2 N–H and O–H groups in total. The van der Waals surface area contributed by atoms with Crippen LogP contribution in [0.3, 0.4) is 0 Å². The van der Waals surface area contributed by atoms with Crippen LogP contribution in [0.2, 0.25) is 0 Å². The van der Waals surface area contributed by atoms with Gasteiger partial charge in [0.05, 0.1) is 7.11 Å².